The first kappa shape index (κ1) is 19.3. The molecule has 8 heteroatoms. The van der Waals surface area contributed by atoms with E-state index in [0.717, 1.165) is 21.6 Å². The number of methoxy groups -OCH3 is 1. The molecule has 28 heavy (non-hydrogen) atoms. The number of hydrogen-bond donors (Lipinski definition) is 0. The van der Waals surface area contributed by atoms with E-state index in [4.69, 9.17) is 15.0 Å². The lowest BCUT2D eigenvalue weighted by Gasteiger charge is -2.23. The number of cyclic esters (lactones) is 1. The number of imide groups is 1. The zero-order valence-electron chi connectivity index (χ0n) is 15.6. The van der Waals surface area contributed by atoms with Crippen LogP contribution in [0.15, 0.2) is 53.6 Å². The van der Waals surface area contributed by atoms with Gasteiger partial charge in [0, 0.05) is 4.91 Å². The molecule has 2 amide bonds. The number of nitrogens with zero attached hydrogens (tertiary/aromatic N) is 4. The molecule has 0 radical (unpaired) electrons. The van der Waals surface area contributed by atoms with Crippen LogP contribution in [0.5, 0.6) is 5.75 Å². The van der Waals surface area contributed by atoms with E-state index >= 15 is 0 Å². The highest BCUT2D eigenvalue weighted by atomic mass is 16.6. The van der Waals surface area contributed by atoms with Crippen molar-refractivity contribution in [2.45, 2.75) is 25.4 Å². The minimum atomic E-state index is -1.06. The van der Waals surface area contributed by atoms with Crippen LogP contribution in [0, 0.1) is 6.92 Å². The highest BCUT2D eigenvalue weighted by Gasteiger charge is 2.41. The molecule has 144 valence electrons. The van der Waals surface area contributed by atoms with E-state index in [-0.39, 0.29) is 13.0 Å². The number of amides is 2. The summed E-state index contributed by atoms with van der Waals surface area (Å²) in [5.41, 5.74) is 11.5. The maximum atomic E-state index is 13.1. The third-order valence-corrected chi connectivity index (χ3v) is 4.73. The van der Waals surface area contributed by atoms with Crippen molar-refractivity contribution in [3.05, 3.63) is 75.7 Å². The Morgan fingerprint density at radius 2 is 2.11 bits per heavy atom. The second kappa shape index (κ2) is 8.45. The molecule has 1 aliphatic rings. The van der Waals surface area contributed by atoms with Crippen molar-refractivity contribution in [1.82, 2.24) is 4.90 Å². The van der Waals surface area contributed by atoms with Gasteiger partial charge in [-0.1, -0.05) is 41.5 Å². The van der Waals surface area contributed by atoms with Crippen LogP contribution in [0.1, 0.15) is 22.7 Å². The van der Waals surface area contributed by atoms with Crippen LogP contribution >= 0.6 is 0 Å². The van der Waals surface area contributed by atoms with Gasteiger partial charge in [0.2, 0.25) is 5.91 Å². The number of ether oxygens (including phenoxy) is 2. The number of carbonyl (C=O) groups excluding carboxylic acids is 2. The summed E-state index contributed by atoms with van der Waals surface area (Å²) in [5.74, 6) is 0.115. The first-order chi connectivity index (χ1) is 13.5. The van der Waals surface area contributed by atoms with Gasteiger partial charge in [-0.25, -0.2) is 9.69 Å². The molecule has 0 aliphatic carbocycles. The minimum Gasteiger partial charge on any atom is -0.497 e. The van der Waals surface area contributed by atoms with Gasteiger partial charge in [-0.15, -0.1) is 0 Å². The second-order valence-electron chi connectivity index (χ2n) is 6.43. The highest BCUT2D eigenvalue weighted by molar-refractivity contribution is 5.96. The van der Waals surface area contributed by atoms with Crippen LogP contribution in [0.2, 0.25) is 0 Å². The number of aryl methyl sites for hydroxylation is 1. The van der Waals surface area contributed by atoms with E-state index in [9.17, 15) is 9.59 Å². The summed E-state index contributed by atoms with van der Waals surface area (Å²) in [5, 5.41) is 3.66. The van der Waals surface area contributed by atoms with Crippen LogP contribution in [0.4, 0.5) is 4.79 Å². The van der Waals surface area contributed by atoms with Crippen molar-refractivity contribution < 1.29 is 19.1 Å². The molecule has 0 N–H and O–H groups in total. The van der Waals surface area contributed by atoms with Crippen molar-refractivity contribution in [3.8, 4) is 5.75 Å². The van der Waals surface area contributed by atoms with Crippen molar-refractivity contribution >= 4 is 12.0 Å². The normalized spacial score (nSPS) is 16.9. The Morgan fingerprint density at radius 1 is 1.36 bits per heavy atom. The lowest BCUT2D eigenvalue weighted by molar-refractivity contribution is -0.130. The maximum absolute atomic E-state index is 13.1. The quantitative estimate of drug-likeness (QED) is 0.430. The summed E-state index contributed by atoms with van der Waals surface area (Å²) in [4.78, 5) is 29.2. The van der Waals surface area contributed by atoms with E-state index in [1.54, 1.807) is 13.2 Å². The smallest absolute Gasteiger partial charge is 0.417 e. The zero-order valence-corrected chi connectivity index (χ0v) is 15.6. The molecule has 8 nitrogen and oxygen atoms in total. The predicted octanol–water partition coefficient (Wildman–Crippen LogP) is 3.95. The summed E-state index contributed by atoms with van der Waals surface area (Å²) < 4.78 is 10.3. The number of benzene rings is 2. The fourth-order valence-electron chi connectivity index (χ4n) is 3.22. The van der Waals surface area contributed by atoms with Gasteiger partial charge >= 0.3 is 6.09 Å². The monoisotopic (exact) mass is 380 g/mol. The lowest BCUT2D eigenvalue weighted by atomic mass is 9.99. The van der Waals surface area contributed by atoms with Gasteiger partial charge in [-0.3, -0.25) is 4.79 Å². The number of rotatable bonds is 6. The second-order valence-corrected chi connectivity index (χ2v) is 6.43. The average molecular weight is 380 g/mol. The van der Waals surface area contributed by atoms with Gasteiger partial charge in [-0.05, 0) is 47.7 Å². The van der Waals surface area contributed by atoms with Gasteiger partial charge in [0.25, 0.3) is 0 Å². The Morgan fingerprint density at radius 3 is 2.75 bits per heavy atom. The Hall–Kier alpha value is -3.51. The molecule has 2 atom stereocenters. The van der Waals surface area contributed by atoms with Crippen LogP contribution in [-0.4, -0.2) is 36.7 Å². The van der Waals surface area contributed by atoms with E-state index in [0.29, 0.717) is 5.75 Å². The van der Waals surface area contributed by atoms with Crippen molar-refractivity contribution in [2.24, 2.45) is 5.11 Å². The van der Waals surface area contributed by atoms with E-state index < -0.39 is 24.1 Å². The maximum Gasteiger partial charge on any atom is 0.417 e. The minimum absolute atomic E-state index is 0.0686. The molecule has 1 saturated heterocycles. The summed E-state index contributed by atoms with van der Waals surface area (Å²) in [6.07, 6.45) is -0.562. The standard InChI is InChI=1S/C20H20N4O4/c1-13-10-16(27-2)9-8-15(13)11-17(22-23-21)19(25)24-18(12-28-20(24)26)14-6-4-3-5-7-14/h3-10,17-18H,11-12H2,1-2H3. The molecule has 0 spiro atoms. The van der Waals surface area contributed by atoms with Crippen LogP contribution in [-0.2, 0) is 16.0 Å². The van der Waals surface area contributed by atoms with Gasteiger partial charge in [0.1, 0.15) is 24.4 Å². The fraction of sp³-hybridized carbons (Fsp3) is 0.300. The SMILES string of the molecule is COc1ccc(CC(N=[N+]=[N-])C(=O)N2C(=O)OCC2c2ccccc2)c(C)c1. The topological polar surface area (TPSA) is 105 Å². The first-order valence-electron chi connectivity index (χ1n) is 8.77. The van der Waals surface area contributed by atoms with Crippen molar-refractivity contribution in [2.75, 3.05) is 13.7 Å². The number of carbonyl (C=O) groups is 2. The van der Waals surface area contributed by atoms with Gasteiger partial charge in [0.15, 0.2) is 0 Å². The Labute approximate surface area is 162 Å². The molecular formula is C20H20N4O4. The Kier molecular flexibility index (Phi) is 5.81. The Balaban J connectivity index is 1.88. The van der Waals surface area contributed by atoms with E-state index in [1.165, 1.54) is 0 Å². The molecule has 3 rings (SSSR count). The molecule has 0 aromatic heterocycles. The molecule has 1 heterocycles. The third kappa shape index (κ3) is 3.92. The summed E-state index contributed by atoms with van der Waals surface area (Å²) in [6, 6.07) is 13.0. The molecule has 0 saturated carbocycles. The summed E-state index contributed by atoms with van der Waals surface area (Å²) >= 11 is 0. The molecule has 2 aromatic carbocycles. The van der Waals surface area contributed by atoms with E-state index in [1.807, 2.05) is 49.4 Å². The molecule has 2 aromatic rings. The predicted molar refractivity (Wildman–Crippen MR) is 102 cm³/mol. The Bertz CT molecular complexity index is 925. The lowest BCUT2D eigenvalue weighted by Crippen LogP contribution is -2.41. The highest BCUT2D eigenvalue weighted by Crippen LogP contribution is 2.29. The first-order valence-corrected chi connectivity index (χ1v) is 8.77. The van der Waals surface area contributed by atoms with Gasteiger partial charge in [0.05, 0.1) is 7.11 Å². The summed E-state index contributed by atoms with van der Waals surface area (Å²) in [6.45, 7) is 1.95. The molecule has 2 unspecified atom stereocenters. The van der Waals surface area contributed by atoms with E-state index in [2.05, 4.69) is 10.0 Å². The third-order valence-electron chi connectivity index (χ3n) is 4.73. The number of azide groups is 1. The average Bonchev–Trinajstić information content (AvgIpc) is 3.10. The van der Waals surface area contributed by atoms with Gasteiger partial charge in [-0.2, -0.15) is 0 Å². The van der Waals surface area contributed by atoms with Crippen LogP contribution < -0.4 is 4.74 Å². The number of hydrogen-bond acceptors (Lipinski definition) is 5. The summed E-state index contributed by atoms with van der Waals surface area (Å²) in [7, 11) is 1.57. The van der Waals surface area contributed by atoms with Crippen molar-refractivity contribution in [3.63, 3.8) is 0 Å². The molecular weight excluding hydrogens is 360 g/mol. The van der Waals surface area contributed by atoms with Crippen LogP contribution in [0.3, 0.4) is 0 Å². The fourth-order valence-corrected chi connectivity index (χ4v) is 3.22. The molecule has 1 aliphatic heterocycles. The molecule has 1 fully saturated rings. The molecule has 0 bridgehead atoms. The van der Waals surface area contributed by atoms with Gasteiger partial charge < -0.3 is 9.47 Å². The zero-order chi connectivity index (χ0) is 20.1. The van der Waals surface area contributed by atoms with Crippen molar-refractivity contribution in [1.29, 1.82) is 0 Å². The van der Waals surface area contributed by atoms with Crippen LogP contribution in [0.25, 0.3) is 10.4 Å². The largest absolute Gasteiger partial charge is 0.497 e.